The zero-order valence-electron chi connectivity index (χ0n) is 10.5. The van der Waals surface area contributed by atoms with Crippen molar-refractivity contribution in [2.75, 3.05) is 18.6 Å². The molecule has 0 aromatic heterocycles. The minimum absolute atomic E-state index is 0.00509. The number of nitrogen functional groups attached to an aromatic ring is 1. The van der Waals surface area contributed by atoms with E-state index in [9.17, 15) is 9.90 Å². The van der Waals surface area contributed by atoms with E-state index < -0.39 is 0 Å². The number of benzene rings is 1. The summed E-state index contributed by atoms with van der Waals surface area (Å²) in [6.07, 6.45) is 0.926. The van der Waals surface area contributed by atoms with E-state index in [-0.39, 0.29) is 18.6 Å². The first kappa shape index (κ1) is 12.9. The third-order valence-electron chi connectivity index (χ3n) is 3.64. The average Bonchev–Trinajstić information content (AvgIpc) is 2.78. The number of aliphatic hydroxyl groups is 1. The van der Waals surface area contributed by atoms with E-state index in [0.717, 1.165) is 6.42 Å². The third kappa shape index (κ3) is 2.19. The molecule has 1 saturated heterocycles. The third-order valence-corrected chi connectivity index (χ3v) is 3.64. The molecule has 2 unspecified atom stereocenters. The molecule has 0 saturated carbocycles. The highest BCUT2D eigenvalue weighted by molar-refractivity contribution is 5.99. The minimum atomic E-state index is -0.0941. The van der Waals surface area contributed by atoms with E-state index in [1.165, 1.54) is 0 Å². The van der Waals surface area contributed by atoms with Crippen molar-refractivity contribution in [2.24, 2.45) is 11.8 Å². The Morgan fingerprint density at radius 1 is 1.56 bits per heavy atom. The highest BCUT2D eigenvalue weighted by atomic mass is 16.3. The number of nitrogens with zero attached hydrogens (tertiary/aromatic N) is 1. The van der Waals surface area contributed by atoms with Crippen LogP contribution in [0.15, 0.2) is 24.3 Å². The first-order valence-electron chi connectivity index (χ1n) is 6.16. The summed E-state index contributed by atoms with van der Waals surface area (Å²) >= 11 is 0. The lowest BCUT2D eigenvalue weighted by Crippen LogP contribution is -2.40. The van der Waals surface area contributed by atoms with Crippen molar-refractivity contribution in [3.05, 3.63) is 29.8 Å². The molecule has 2 rings (SSSR count). The molecule has 1 aromatic carbocycles. The molecule has 5 heteroatoms. The number of nitrogens with two attached hydrogens (primary N) is 1. The van der Waals surface area contributed by atoms with Gasteiger partial charge in [0.2, 0.25) is 0 Å². The first-order valence-corrected chi connectivity index (χ1v) is 6.16. The van der Waals surface area contributed by atoms with Crippen molar-refractivity contribution in [3.63, 3.8) is 0 Å². The molecular weight excluding hydrogens is 230 g/mol. The molecule has 2 atom stereocenters. The second-order valence-electron chi connectivity index (χ2n) is 4.70. The van der Waals surface area contributed by atoms with Crippen LogP contribution in [0.2, 0.25) is 0 Å². The molecule has 0 spiro atoms. The number of hydrogen-bond acceptors (Lipinski definition) is 4. The molecule has 98 valence electrons. The predicted molar refractivity (Wildman–Crippen MR) is 69.9 cm³/mol. The van der Waals surface area contributed by atoms with Crippen LogP contribution >= 0.6 is 0 Å². The van der Waals surface area contributed by atoms with Gasteiger partial charge in [-0.05, 0) is 24.5 Å². The van der Waals surface area contributed by atoms with Crippen molar-refractivity contribution in [3.8, 4) is 0 Å². The maximum Gasteiger partial charge on any atom is 0.256 e. The van der Waals surface area contributed by atoms with E-state index in [4.69, 9.17) is 5.84 Å². The summed E-state index contributed by atoms with van der Waals surface area (Å²) in [5.74, 6) is 5.67. The van der Waals surface area contributed by atoms with E-state index in [0.29, 0.717) is 23.7 Å². The van der Waals surface area contributed by atoms with Gasteiger partial charge in [0, 0.05) is 6.54 Å². The van der Waals surface area contributed by atoms with Gasteiger partial charge in [-0.25, -0.2) is 0 Å². The summed E-state index contributed by atoms with van der Waals surface area (Å²) in [4.78, 5) is 14.2. The summed E-state index contributed by atoms with van der Waals surface area (Å²) < 4.78 is 0. The Hall–Kier alpha value is -1.59. The smallest absolute Gasteiger partial charge is 0.256 e. The van der Waals surface area contributed by atoms with Crippen molar-refractivity contribution in [2.45, 2.75) is 19.4 Å². The number of amides is 1. The average molecular weight is 249 g/mol. The van der Waals surface area contributed by atoms with Crippen LogP contribution < -0.4 is 11.3 Å². The zero-order chi connectivity index (χ0) is 13.1. The molecule has 4 N–H and O–H groups in total. The fraction of sp³-hybridized carbons (Fsp3) is 0.462. The van der Waals surface area contributed by atoms with Gasteiger partial charge in [-0.3, -0.25) is 10.6 Å². The summed E-state index contributed by atoms with van der Waals surface area (Å²) in [5, 5.41) is 9.39. The Morgan fingerprint density at radius 3 is 2.94 bits per heavy atom. The number of hydrogen-bond donors (Lipinski definition) is 3. The molecule has 0 bridgehead atoms. The second kappa shape index (κ2) is 5.37. The van der Waals surface area contributed by atoms with Crippen LogP contribution in [0.1, 0.15) is 23.7 Å². The molecule has 5 nitrogen and oxygen atoms in total. The van der Waals surface area contributed by atoms with Crippen molar-refractivity contribution in [1.29, 1.82) is 0 Å². The Balaban J connectivity index is 2.26. The van der Waals surface area contributed by atoms with Gasteiger partial charge in [0.1, 0.15) is 0 Å². The van der Waals surface area contributed by atoms with E-state index in [1.807, 2.05) is 12.1 Å². The summed E-state index contributed by atoms with van der Waals surface area (Å²) in [6, 6.07) is 7.04. The lowest BCUT2D eigenvalue weighted by atomic mass is 10.0. The lowest BCUT2D eigenvalue weighted by molar-refractivity contribution is 0.0649. The number of carbonyl (C=O) groups is 1. The number of hydrazine groups is 1. The van der Waals surface area contributed by atoms with E-state index in [2.05, 4.69) is 12.3 Å². The summed E-state index contributed by atoms with van der Waals surface area (Å²) in [5.41, 5.74) is 3.69. The van der Waals surface area contributed by atoms with Crippen LogP contribution in [0.4, 0.5) is 5.69 Å². The molecule has 1 aliphatic rings. The molecular formula is C13H19N3O2. The van der Waals surface area contributed by atoms with Crippen LogP contribution in [0.5, 0.6) is 0 Å². The number of carbonyl (C=O) groups excluding carboxylic acids is 1. The Morgan fingerprint density at radius 2 is 2.28 bits per heavy atom. The van der Waals surface area contributed by atoms with E-state index >= 15 is 0 Å². The normalized spacial score (nSPS) is 23.2. The predicted octanol–water partition coefficient (Wildman–Crippen LogP) is 0.815. The topological polar surface area (TPSA) is 78.6 Å². The number of likely N-dealkylation sites (tertiary alicyclic amines) is 1. The molecule has 1 fully saturated rings. The van der Waals surface area contributed by atoms with Crippen molar-refractivity contribution in [1.82, 2.24) is 4.90 Å². The zero-order valence-corrected chi connectivity index (χ0v) is 10.5. The van der Waals surface area contributed by atoms with Gasteiger partial charge in [0.15, 0.2) is 0 Å². The fourth-order valence-electron chi connectivity index (χ4n) is 2.49. The molecule has 1 heterocycles. The van der Waals surface area contributed by atoms with Gasteiger partial charge in [-0.2, -0.15) is 0 Å². The summed E-state index contributed by atoms with van der Waals surface area (Å²) in [7, 11) is 0. The van der Waals surface area contributed by atoms with Gasteiger partial charge in [-0.1, -0.05) is 19.1 Å². The molecule has 0 radical (unpaired) electrons. The number of anilines is 1. The highest BCUT2D eigenvalue weighted by Crippen LogP contribution is 2.27. The van der Waals surface area contributed by atoms with Crippen molar-refractivity contribution < 1.29 is 9.90 Å². The van der Waals surface area contributed by atoms with Crippen molar-refractivity contribution >= 4 is 11.6 Å². The standard InChI is InChI=1S/C13H19N3O2/c1-9-6-7-16(12(9)8-17)13(18)10-4-2-3-5-11(10)15-14/h2-5,9,12,15,17H,6-8,14H2,1H3. The maximum absolute atomic E-state index is 12.5. The molecule has 1 aromatic rings. The van der Waals surface area contributed by atoms with Crippen LogP contribution in [-0.2, 0) is 0 Å². The van der Waals surface area contributed by atoms with Crippen LogP contribution in [0, 0.1) is 5.92 Å². The molecule has 0 aliphatic carbocycles. The lowest BCUT2D eigenvalue weighted by Gasteiger charge is -2.26. The quantitative estimate of drug-likeness (QED) is 0.547. The Kier molecular flexibility index (Phi) is 3.84. The molecule has 18 heavy (non-hydrogen) atoms. The Bertz CT molecular complexity index is 436. The number of aliphatic hydroxyl groups excluding tert-OH is 1. The van der Waals surface area contributed by atoms with Crippen LogP contribution in [0.25, 0.3) is 0 Å². The monoisotopic (exact) mass is 249 g/mol. The second-order valence-corrected chi connectivity index (χ2v) is 4.70. The van der Waals surface area contributed by atoms with Gasteiger partial charge in [0.05, 0.1) is 23.9 Å². The summed E-state index contributed by atoms with van der Waals surface area (Å²) in [6.45, 7) is 2.75. The van der Waals surface area contributed by atoms with Crippen LogP contribution in [-0.4, -0.2) is 35.1 Å². The number of rotatable bonds is 3. The molecule has 1 amide bonds. The van der Waals surface area contributed by atoms with Gasteiger partial charge < -0.3 is 15.4 Å². The van der Waals surface area contributed by atoms with Gasteiger partial charge >= 0.3 is 0 Å². The largest absolute Gasteiger partial charge is 0.394 e. The van der Waals surface area contributed by atoms with Gasteiger partial charge in [-0.15, -0.1) is 0 Å². The van der Waals surface area contributed by atoms with E-state index in [1.54, 1.807) is 17.0 Å². The first-order chi connectivity index (χ1) is 8.69. The highest BCUT2D eigenvalue weighted by Gasteiger charge is 2.34. The van der Waals surface area contributed by atoms with Crippen LogP contribution in [0.3, 0.4) is 0 Å². The maximum atomic E-state index is 12.5. The number of para-hydroxylation sites is 1. The minimum Gasteiger partial charge on any atom is -0.394 e. The Labute approximate surface area is 107 Å². The van der Waals surface area contributed by atoms with Gasteiger partial charge in [0.25, 0.3) is 5.91 Å². The fourth-order valence-corrected chi connectivity index (χ4v) is 2.49. The SMILES string of the molecule is CC1CCN(C(=O)c2ccccc2NN)C1CO. The molecule has 1 aliphatic heterocycles. The number of nitrogens with one attached hydrogen (secondary N) is 1.